The molecule has 0 aliphatic rings. The molecular formula is C15H17Cl2NO7. The molecule has 8 nitrogen and oxygen atoms in total. The van der Waals surface area contributed by atoms with E-state index in [1.165, 1.54) is 25.1 Å². The molecule has 1 rings (SSSR count). The summed E-state index contributed by atoms with van der Waals surface area (Å²) in [7, 11) is 0. The van der Waals surface area contributed by atoms with Crippen LogP contribution in [-0.4, -0.2) is 42.1 Å². The van der Waals surface area contributed by atoms with Gasteiger partial charge in [0.05, 0.1) is 11.6 Å². The van der Waals surface area contributed by atoms with Gasteiger partial charge >= 0.3 is 18.0 Å². The normalized spacial score (nSPS) is 12.6. The van der Waals surface area contributed by atoms with Gasteiger partial charge in [0.25, 0.3) is 0 Å². The molecule has 0 saturated heterocycles. The van der Waals surface area contributed by atoms with Crippen molar-refractivity contribution in [2.75, 3.05) is 6.54 Å². The zero-order valence-electron chi connectivity index (χ0n) is 13.5. The Morgan fingerprint density at radius 1 is 1.24 bits per heavy atom. The van der Waals surface area contributed by atoms with Gasteiger partial charge in [-0.25, -0.2) is 9.59 Å². The lowest BCUT2D eigenvalue weighted by Crippen LogP contribution is -2.41. The lowest BCUT2D eigenvalue weighted by Gasteiger charge is -2.18. The molecule has 25 heavy (non-hydrogen) atoms. The van der Waals surface area contributed by atoms with Gasteiger partial charge in [-0.3, -0.25) is 4.79 Å². The topological polar surface area (TPSA) is 111 Å². The van der Waals surface area contributed by atoms with Crippen LogP contribution >= 0.6 is 23.2 Å². The minimum atomic E-state index is -1.43. The number of esters is 1. The number of aliphatic carboxylic acids is 1. The quantitative estimate of drug-likeness (QED) is 0.515. The second-order valence-corrected chi connectivity index (χ2v) is 5.56. The van der Waals surface area contributed by atoms with Crippen LogP contribution in [0.3, 0.4) is 0 Å². The lowest BCUT2D eigenvalue weighted by atomic mass is 10.3. The molecule has 2 N–H and O–H groups in total. The van der Waals surface area contributed by atoms with Gasteiger partial charge in [-0.1, -0.05) is 30.1 Å². The molecule has 0 aliphatic carbocycles. The smallest absolute Gasteiger partial charge is 0.410 e. The van der Waals surface area contributed by atoms with E-state index in [-0.39, 0.29) is 17.2 Å². The SMILES string of the molecule is CCC(=O)O[C@@H](C)OC(=O)NC[C@H](Oc1cc(Cl)ccc1Cl)C(=O)O. The number of rotatable bonds is 8. The molecule has 0 spiro atoms. The third-order valence-electron chi connectivity index (χ3n) is 2.73. The highest BCUT2D eigenvalue weighted by Crippen LogP contribution is 2.28. The summed E-state index contributed by atoms with van der Waals surface area (Å²) in [6.07, 6.45) is -3.38. The summed E-state index contributed by atoms with van der Waals surface area (Å²) >= 11 is 11.7. The van der Waals surface area contributed by atoms with Gasteiger partial charge < -0.3 is 24.6 Å². The van der Waals surface area contributed by atoms with E-state index in [0.717, 1.165) is 0 Å². The van der Waals surface area contributed by atoms with Gasteiger partial charge in [-0.15, -0.1) is 0 Å². The Labute approximate surface area is 153 Å². The Morgan fingerprint density at radius 2 is 1.92 bits per heavy atom. The van der Waals surface area contributed by atoms with E-state index >= 15 is 0 Å². The first kappa shape index (κ1) is 20.9. The monoisotopic (exact) mass is 393 g/mol. The van der Waals surface area contributed by atoms with E-state index in [1.807, 2.05) is 0 Å². The minimum absolute atomic E-state index is 0.0574. The molecule has 1 amide bonds. The third-order valence-corrected chi connectivity index (χ3v) is 3.28. The Kier molecular flexibility index (Phi) is 8.30. The number of amides is 1. The summed E-state index contributed by atoms with van der Waals surface area (Å²) in [6, 6.07) is 4.31. The van der Waals surface area contributed by atoms with Crippen molar-refractivity contribution < 1.29 is 33.7 Å². The maximum absolute atomic E-state index is 11.6. The van der Waals surface area contributed by atoms with Crippen LogP contribution in [-0.2, 0) is 19.1 Å². The van der Waals surface area contributed by atoms with E-state index in [4.69, 9.17) is 37.4 Å². The summed E-state index contributed by atoms with van der Waals surface area (Å²) in [5.74, 6) is -1.81. The molecule has 0 fully saturated rings. The van der Waals surface area contributed by atoms with Crippen LogP contribution in [0.1, 0.15) is 20.3 Å². The largest absolute Gasteiger partial charge is 0.478 e. The molecule has 1 aromatic rings. The second kappa shape index (κ2) is 9.95. The zero-order valence-corrected chi connectivity index (χ0v) is 15.0. The van der Waals surface area contributed by atoms with E-state index < -0.39 is 37.0 Å². The Hall–Kier alpha value is -2.19. The van der Waals surface area contributed by atoms with Crippen molar-refractivity contribution in [2.24, 2.45) is 0 Å². The van der Waals surface area contributed by atoms with Crippen LogP contribution in [0, 0.1) is 0 Å². The van der Waals surface area contributed by atoms with Gasteiger partial charge in [0, 0.05) is 24.4 Å². The maximum Gasteiger partial charge on any atom is 0.410 e. The van der Waals surface area contributed by atoms with Crippen LogP contribution < -0.4 is 10.1 Å². The highest BCUT2D eigenvalue weighted by Gasteiger charge is 2.23. The predicted molar refractivity (Wildman–Crippen MR) is 88.8 cm³/mol. The average Bonchev–Trinajstić information content (AvgIpc) is 2.53. The molecule has 0 bridgehead atoms. The number of carbonyl (C=O) groups excluding carboxylic acids is 2. The molecule has 10 heteroatoms. The highest BCUT2D eigenvalue weighted by atomic mass is 35.5. The number of benzene rings is 1. The van der Waals surface area contributed by atoms with E-state index in [0.29, 0.717) is 5.02 Å². The summed E-state index contributed by atoms with van der Waals surface area (Å²) in [4.78, 5) is 33.9. The van der Waals surface area contributed by atoms with Crippen molar-refractivity contribution >= 4 is 41.2 Å². The van der Waals surface area contributed by atoms with Crippen molar-refractivity contribution in [1.29, 1.82) is 0 Å². The Bertz CT molecular complexity index is 638. The van der Waals surface area contributed by atoms with Crippen LogP contribution in [0.5, 0.6) is 5.75 Å². The summed E-state index contributed by atoms with van der Waals surface area (Å²) in [5, 5.41) is 11.9. The predicted octanol–water partition coefficient (Wildman–Crippen LogP) is 2.85. The Morgan fingerprint density at radius 3 is 2.52 bits per heavy atom. The van der Waals surface area contributed by atoms with Crippen molar-refractivity contribution in [1.82, 2.24) is 5.32 Å². The number of halogens is 2. The van der Waals surface area contributed by atoms with E-state index in [9.17, 15) is 19.5 Å². The number of carboxylic acid groups (broad SMARTS) is 1. The average molecular weight is 394 g/mol. The summed E-state index contributed by atoms with van der Waals surface area (Å²) < 4.78 is 14.8. The van der Waals surface area contributed by atoms with Crippen LogP contribution in [0.2, 0.25) is 10.0 Å². The molecule has 0 heterocycles. The maximum atomic E-state index is 11.6. The number of nitrogens with one attached hydrogen (secondary N) is 1. The van der Waals surface area contributed by atoms with Crippen molar-refractivity contribution in [3.63, 3.8) is 0 Å². The van der Waals surface area contributed by atoms with Gasteiger partial charge in [0.1, 0.15) is 5.75 Å². The van der Waals surface area contributed by atoms with Crippen LogP contribution in [0.4, 0.5) is 4.79 Å². The number of hydrogen-bond donors (Lipinski definition) is 2. The van der Waals surface area contributed by atoms with E-state index in [2.05, 4.69) is 5.32 Å². The molecule has 2 atom stereocenters. The zero-order chi connectivity index (χ0) is 19.0. The molecule has 0 radical (unpaired) electrons. The first-order valence-corrected chi connectivity index (χ1v) is 7.97. The molecular weight excluding hydrogens is 377 g/mol. The number of ether oxygens (including phenoxy) is 3. The second-order valence-electron chi connectivity index (χ2n) is 4.72. The number of hydrogen-bond acceptors (Lipinski definition) is 6. The molecule has 0 unspecified atom stereocenters. The Balaban J connectivity index is 2.58. The van der Waals surface area contributed by atoms with Gasteiger partial charge in [-0.05, 0) is 12.1 Å². The number of carbonyl (C=O) groups is 3. The summed E-state index contributed by atoms with van der Waals surface area (Å²) in [6.45, 7) is 2.53. The summed E-state index contributed by atoms with van der Waals surface area (Å²) in [5.41, 5.74) is 0. The van der Waals surface area contributed by atoms with Gasteiger partial charge in [0.2, 0.25) is 12.4 Å². The van der Waals surface area contributed by atoms with Crippen LogP contribution in [0.15, 0.2) is 18.2 Å². The first-order chi connectivity index (χ1) is 11.7. The fourth-order valence-electron chi connectivity index (χ4n) is 1.56. The minimum Gasteiger partial charge on any atom is -0.478 e. The number of alkyl carbamates (subject to hydrolysis) is 1. The van der Waals surface area contributed by atoms with Crippen LogP contribution in [0.25, 0.3) is 0 Å². The van der Waals surface area contributed by atoms with Gasteiger partial charge in [-0.2, -0.15) is 0 Å². The lowest BCUT2D eigenvalue weighted by molar-refractivity contribution is -0.164. The van der Waals surface area contributed by atoms with Crippen molar-refractivity contribution in [2.45, 2.75) is 32.7 Å². The fourth-order valence-corrected chi connectivity index (χ4v) is 1.89. The van der Waals surface area contributed by atoms with Crippen molar-refractivity contribution in [3.05, 3.63) is 28.2 Å². The van der Waals surface area contributed by atoms with Gasteiger partial charge in [0.15, 0.2) is 0 Å². The fraction of sp³-hybridized carbons (Fsp3) is 0.400. The highest BCUT2D eigenvalue weighted by molar-refractivity contribution is 6.34. The van der Waals surface area contributed by atoms with Crippen molar-refractivity contribution in [3.8, 4) is 5.75 Å². The molecule has 138 valence electrons. The molecule has 1 aromatic carbocycles. The third kappa shape index (κ3) is 7.49. The molecule has 0 aliphatic heterocycles. The van der Waals surface area contributed by atoms with E-state index in [1.54, 1.807) is 6.92 Å². The standard InChI is InChI=1S/C15H17Cl2NO7/c1-3-13(19)23-8(2)24-15(22)18-7-12(14(20)21)25-11-6-9(16)4-5-10(11)17/h4-6,8,12H,3,7H2,1-2H3,(H,18,22)(H,20,21)/t8-,12+/m1/s1. The number of carboxylic acids is 1. The molecule has 0 saturated carbocycles. The molecule has 0 aromatic heterocycles. The first-order valence-electron chi connectivity index (χ1n) is 7.21.